The number of benzene rings is 2. The highest BCUT2D eigenvalue weighted by Crippen LogP contribution is 2.23. The number of imidazole rings is 1. The van der Waals surface area contributed by atoms with Crippen molar-refractivity contribution in [3.05, 3.63) is 59.9 Å². The molecule has 1 fully saturated rings. The number of nitrogens with zero attached hydrogens (tertiary/aromatic N) is 4. The lowest BCUT2D eigenvalue weighted by molar-refractivity contribution is -0.151. The van der Waals surface area contributed by atoms with Crippen molar-refractivity contribution in [3.8, 4) is 5.69 Å². The Hall–Kier alpha value is -3.68. The average Bonchev–Trinajstić information content (AvgIpc) is 3.19. The molecule has 0 saturated carbocycles. The van der Waals surface area contributed by atoms with Gasteiger partial charge >= 0.3 is 5.97 Å². The second-order valence-electron chi connectivity index (χ2n) is 8.60. The molecule has 8 nitrogen and oxygen atoms in total. The fourth-order valence-electron chi connectivity index (χ4n) is 4.46. The molecule has 8 heteroatoms. The van der Waals surface area contributed by atoms with Crippen LogP contribution in [0.25, 0.3) is 16.7 Å². The number of aromatic nitrogens is 2. The number of hydrogen-bond acceptors (Lipinski definition) is 5. The predicted molar refractivity (Wildman–Crippen MR) is 129 cm³/mol. The van der Waals surface area contributed by atoms with Crippen molar-refractivity contribution >= 4 is 28.8 Å². The van der Waals surface area contributed by atoms with Crippen molar-refractivity contribution in [1.29, 1.82) is 0 Å². The number of carbonyl (C=O) groups is 3. The normalized spacial score (nSPS) is 14.3. The molecular weight excluding hydrogens is 432 g/mol. The molecule has 0 aliphatic carbocycles. The molecule has 1 aromatic heterocycles. The second-order valence-corrected chi connectivity index (χ2v) is 8.60. The van der Waals surface area contributed by atoms with E-state index in [9.17, 15) is 14.4 Å². The number of aryl methyl sites for hydroxylation is 1. The van der Waals surface area contributed by atoms with E-state index in [1.807, 2.05) is 43.3 Å². The molecule has 2 aromatic carbocycles. The minimum Gasteiger partial charge on any atom is -0.466 e. The third-order valence-corrected chi connectivity index (χ3v) is 6.27. The van der Waals surface area contributed by atoms with Gasteiger partial charge in [-0.3, -0.25) is 19.0 Å². The average molecular weight is 463 g/mol. The lowest BCUT2D eigenvalue weighted by Gasteiger charge is -2.32. The highest BCUT2D eigenvalue weighted by Gasteiger charge is 2.29. The molecule has 2 heterocycles. The molecule has 0 bridgehead atoms. The molecule has 0 spiro atoms. The Bertz CT molecular complexity index is 1200. The molecule has 178 valence electrons. The largest absolute Gasteiger partial charge is 0.466 e. The Labute approximate surface area is 199 Å². The molecule has 34 heavy (non-hydrogen) atoms. The Balaban J connectivity index is 1.41. The first kappa shape index (κ1) is 23.5. The summed E-state index contributed by atoms with van der Waals surface area (Å²) in [7, 11) is 1.63. The quantitative estimate of drug-likeness (QED) is 0.525. The van der Waals surface area contributed by atoms with E-state index < -0.39 is 0 Å². The van der Waals surface area contributed by atoms with Crippen molar-refractivity contribution in [1.82, 2.24) is 19.4 Å². The van der Waals surface area contributed by atoms with Crippen LogP contribution in [-0.2, 0) is 14.3 Å². The summed E-state index contributed by atoms with van der Waals surface area (Å²) >= 11 is 0. The summed E-state index contributed by atoms with van der Waals surface area (Å²) in [5.41, 5.74) is 3.15. The summed E-state index contributed by atoms with van der Waals surface area (Å²) in [6.45, 7) is 5.06. The first-order chi connectivity index (χ1) is 16.4. The smallest absolute Gasteiger partial charge is 0.309 e. The van der Waals surface area contributed by atoms with Crippen LogP contribution in [0.5, 0.6) is 0 Å². The zero-order chi connectivity index (χ0) is 24.2. The minimum absolute atomic E-state index is 0.0154. The first-order valence-electron chi connectivity index (χ1n) is 11.6. The lowest BCUT2D eigenvalue weighted by atomic mass is 9.97. The van der Waals surface area contributed by atoms with Gasteiger partial charge in [0.2, 0.25) is 5.91 Å². The molecule has 0 atom stereocenters. The van der Waals surface area contributed by atoms with Crippen molar-refractivity contribution < 1.29 is 19.1 Å². The van der Waals surface area contributed by atoms with Crippen LogP contribution in [-0.4, -0.2) is 70.4 Å². The van der Waals surface area contributed by atoms with Crippen molar-refractivity contribution in [2.75, 3.05) is 33.3 Å². The topological polar surface area (TPSA) is 84.7 Å². The zero-order valence-electron chi connectivity index (χ0n) is 19.9. The van der Waals surface area contributed by atoms with E-state index in [0.717, 1.165) is 22.5 Å². The standard InChI is InChI=1S/C26H30N4O4/c1-4-34-26(33)19-12-14-29(15-13-19)24(31)17-28(3)25(32)20-10-11-23-22(16-20)27-18(2)30(23)21-8-6-5-7-9-21/h5-11,16,19H,4,12-15,17H2,1-3H3. The SMILES string of the molecule is CCOC(=O)C1CCN(C(=O)CN(C)C(=O)c2ccc3c(c2)nc(C)n3-c2ccccc2)CC1. The van der Waals surface area contributed by atoms with Crippen LogP contribution in [0.15, 0.2) is 48.5 Å². The number of ether oxygens (including phenoxy) is 1. The molecule has 0 radical (unpaired) electrons. The van der Waals surface area contributed by atoms with E-state index in [2.05, 4.69) is 9.55 Å². The van der Waals surface area contributed by atoms with Gasteiger partial charge in [-0.25, -0.2) is 4.98 Å². The molecule has 0 unspecified atom stereocenters. The van der Waals surface area contributed by atoms with Gasteiger partial charge in [0.1, 0.15) is 5.82 Å². The van der Waals surface area contributed by atoms with Gasteiger partial charge in [-0.15, -0.1) is 0 Å². The van der Waals surface area contributed by atoms with Gasteiger partial charge in [0.15, 0.2) is 0 Å². The Morgan fingerprint density at radius 2 is 1.79 bits per heavy atom. The summed E-state index contributed by atoms with van der Waals surface area (Å²) < 4.78 is 7.14. The summed E-state index contributed by atoms with van der Waals surface area (Å²) in [6.07, 6.45) is 1.17. The third kappa shape index (κ3) is 4.81. The summed E-state index contributed by atoms with van der Waals surface area (Å²) in [5, 5.41) is 0. The molecule has 2 amide bonds. The molecule has 3 aromatic rings. The maximum absolute atomic E-state index is 13.0. The summed E-state index contributed by atoms with van der Waals surface area (Å²) in [4.78, 5) is 45.5. The summed E-state index contributed by atoms with van der Waals surface area (Å²) in [6, 6.07) is 15.4. The number of piperidine rings is 1. The van der Waals surface area contributed by atoms with E-state index in [4.69, 9.17) is 4.74 Å². The fourth-order valence-corrected chi connectivity index (χ4v) is 4.46. The first-order valence-corrected chi connectivity index (χ1v) is 11.6. The summed E-state index contributed by atoms with van der Waals surface area (Å²) in [5.74, 6) is 0.129. The van der Waals surface area contributed by atoms with Crippen molar-refractivity contribution in [3.63, 3.8) is 0 Å². The molecule has 1 saturated heterocycles. The highest BCUT2D eigenvalue weighted by molar-refractivity contribution is 5.99. The number of hydrogen-bond donors (Lipinski definition) is 0. The van der Waals surface area contributed by atoms with Crippen LogP contribution in [0, 0.1) is 12.8 Å². The molecule has 1 aliphatic heterocycles. The predicted octanol–water partition coefficient (Wildman–Crippen LogP) is 3.21. The highest BCUT2D eigenvalue weighted by atomic mass is 16.5. The fraction of sp³-hybridized carbons (Fsp3) is 0.385. The van der Waals surface area contributed by atoms with Gasteiger partial charge < -0.3 is 14.5 Å². The van der Waals surface area contributed by atoms with E-state index >= 15 is 0 Å². The monoisotopic (exact) mass is 462 g/mol. The van der Waals surface area contributed by atoms with Gasteiger partial charge in [0.25, 0.3) is 5.91 Å². The van der Waals surface area contributed by atoms with Gasteiger partial charge in [0.05, 0.1) is 30.1 Å². The van der Waals surface area contributed by atoms with E-state index in [-0.39, 0.29) is 30.2 Å². The van der Waals surface area contributed by atoms with Gasteiger partial charge in [-0.2, -0.15) is 0 Å². The number of carbonyl (C=O) groups excluding carboxylic acids is 3. The number of para-hydroxylation sites is 1. The molecule has 1 aliphatic rings. The van der Waals surface area contributed by atoms with E-state index in [1.165, 1.54) is 4.90 Å². The number of likely N-dealkylation sites (tertiary alicyclic amines) is 1. The maximum Gasteiger partial charge on any atom is 0.309 e. The van der Waals surface area contributed by atoms with Crippen LogP contribution in [0.1, 0.15) is 35.9 Å². The van der Waals surface area contributed by atoms with Gasteiger partial charge in [0, 0.05) is 31.4 Å². The van der Waals surface area contributed by atoms with Crippen LogP contribution >= 0.6 is 0 Å². The van der Waals surface area contributed by atoms with Crippen molar-refractivity contribution in [2.45, 2.75) is 26.7 Å². The Kier molecular flexibility index (Phi) is 6.95. The number of likely N-dealkylation sites (N-methyl/N-ethyl adjacent to an activating group) is 1. The van der Waals surface area contributed by atoms with Crippen molar-refractivity contribution in [2.24, 2.45) is 5.92 Å². The number of amides is 2. The third-order valence-electron chi connectivity index (χ3n) is 6.27. The Morgan fingerprint density at radius 3 is 2.47 bits per heavy atom. The van der Waals surface area contributed by atoms with Crippen LogP contribution in [0.3, 0.4) is 0 Å². The zero-order valence-corrected chi connectivity index (χ0v) is 19.9. The van der Waals surface area contributed by atoms with E-state index in [0.29, 0.717) is 38.1 Å². The molecule has 4 rings (SSSR count). The number of esters is 1. The lowest BCUT2D eigenvalue weighted by Crippen LogP contribution is -2.45. The second kappa shape index (κ2) is 10.1. The Morgan fingerprint density at radius 1 is 1.09 bits per heavy atom. The van der Waals surface area contributed by atoms with E-state index in [1.54, 1.807) is 31.0 Å². The van der Waals surface area contributed by atoms with Crippen LogP contribution in [0.2, 0.25) is 0 Å². The van der Waals surface area contributed by atoms with Gasteiger partial charge in [-0.05, 0) is 57.0 Å². The van der Waals surface area contributed by atoms with Crippen LogP contribution < -0.4 is 0 Å². The van der Waals surface area contributed by atoms with Crippen LogP contribution in [0.4, 0.5) is 0 Å². The maximum atomic E-state index is 13.0. The molecule has 0 N–H and O–H groups in total. The molecular formula is C26H30N4O4. The number of rotatable bonds is 6. The van der Waals surface area contributed by atoms with Gasteiger partial charge in [-0.1, -0.05) is 18.2 Å². The minimum atomic E-state index is -0.233. The number of fused-ring (bicyclic) bond motifs is 1.